The van der Waals surface area contributed by atoms with Crippen molar-refractivity contribution in [2.75, 3.05) is 6.54 Å². The van der Waals surface area contributed by atoms with Gasteiger partial charge in [0, 0.05) is 0 Å². The van der Waals surface area contributed by atoms with Crippen molar-refractivity contribution in [3.8, 4) is 0 Å². The molecular weight excluding hydrogens is 142 g/mol. The van der Waals surface area contributed by atoms with E-state index in [1.165, 1.54) is 6.26 Å². The van der Waals surface area contributed by atoms with Crippen molar-refractivity contribution in [2.45, 2.75) is 25.3 Å². The molecule has 1 saturated carbocycles. The van der Waals surface area contributed by atoms with E-state index in [2.05, 4.69) is 16.6 Å². The number of hydrogen-bond acceptors (Lipinski definition) is 3. The Hall–Kier alpha value is -0.830. The molecule has 0 aromatic heterocycles. The van der Waals surface area contributed by atoms with Crippen molar-refractivity contribution in [3.05, 3.63) is 12.8 Å². The first kappa shape index (κ1) is 8.27. The van der Waals surface area contributed by atoms with E-state index in [1.54, 1.807) is 0 Å². The Bertz CT molecular complexity index is 173. The molecule has 0 atom stereocenters. The van der Waals surface area contributed by atoms with E-state index in [-0.39, 0.29) is 11.5 Å². The first-order valence-corrected chi connectivity index (χ1v) is 3.82. The first-order chi connectivity index (χ1) is 5.25. The quantitative estimate of drug-likeness (QED) is 0.482. The number of likely N-dealkylation sites (N-methyl/N-ethyl adjacent to an activating group) is 1. The maximum Gasteiger partial charge on any atom is 0.331 e. The third-order valence-electron chi connectivity index (χ3n) is 1.85. The lowest BCUT2D eigenvalue weighted by Gasteiger charge is -2.12. The standard InChI is InChI=1S/C8H13NO2/c1-3-9-8(5-6-8)7(10)11-4-2/h4,9H,2-3,5-6H2,1H3. The van der Waals surface area contributed by atoms with Crippen LogP contribution < -0.4 is 5.32 Å². The number of rotatable bonds is 4. The highest BCUT2D eigenvalue weighted by Gasteiger charge is 2.50. The largest absolute Gasteiger partial charge is 0.434 e. The molecule has 1 N–H and O–H groups in total. The van der Waals surface area contributed by atoms with Crippen LogP contribution in [0.5, 0.6) is 0 Å². The fourth-order valence-corrected chi connectivity index (χ4v) is 1.10. The van der Waals surface area contributed by atoms with Crippen LogP contribution in [0.4, 0.5) is 0 Å². The molecule has 3 heteroatoms. The molecule has 1 aliphatic rings. The van der Waals surface area contributed by atoms with Crippen LogP contribution in [0.2, 0.25) is 0 Å². The molecule has 0 aromatic carbocycles. The second-order valence-electron chi connectivity index (χ2n) is 2.68. The Morgan fingerprint density at radius 3 is 2.82 bits per heavy atom. The van der Waals surface area contributed by atoms with Crippen molar-refractivity contribution >= 4 is 5.97 Å². The summed E-state index contributed by atoms with van der Waals surface area (Å²) in [4.78, 5) is 11.2. The van der Waals surface area contributed by atoms with Gasteiger partial charge >= 0.3 is 5.97 Å². The Morgan fingerprint density at radius 1 is 1.82 bits per heavy atom. The van der Waals surface area contributed by atoms with Crippen molar-refractivity contribution < 1.29 is 9.53 Å². The number of carbonyl (C=O) groups excluding carboxylic acids is 1. The second kappa shape index (κ2) is 3.05. The van der Waals surface area contributed by atoms with Gasteiger partial charge in [-0.25, -0.2) is 4.79 Å². The van der Waals surface area contributed by atoms with Gasteiger partial charge in [-0.05, 0) is 19.4 Å². The van der Waals surface area contributed by atoms with Gasteiger partial charge in [0.25, 0.3) is 0 Å². The van der Waals surface area contributed by atoms with E-state index in [4.69, 9.17) is 0 Å². The summed E-state index contributed by atoms with van der Waals surface area (Å²) >= 11 is 0. The minimum Gasteiger partial charge on any atom is -0.434 e. The van der Waals surface area contributed by atoms with Gasteiger partial charge in [-0.1, -0.05) is 13.5 Å². The summed E-state index contributed by atoms with van der Waals surface area (Å²) in [5.41, 5.74) is -0.372. The lowest BCUT2D eigenvalue weighted by Crippen LogP contribution is -2.39. The zero-order chi connectivity index (χ0) is 8.32. The number of hydrogen-bond donors (Lipinski definition) is 1. The molecule has 0 amide bonds. The molecule has 62 valence electrons. The maximum absolute atomic E-state index is 11.2. The molecule has 0 saturated heterocycles. The van der Waals surface area contributed by atoms with Crippen molar-refractivity contribution in [1.29, 1.82) is 0 Å². The smallest absolute Gasteiger partial charge is 0.331 e. The molecule has 1 rings (SSSR count). The Balaban J connectivity index is 2.44. The third kappa shape index (κ3) is 1.60. The monoisotopic (exact) mass is 155 g/mol. The van der Waals surface area contributed by atoms with Crippen LogP contribution in [0.1, 0.15) is 19.8 Å². The third-order valence-corrected chi connectivity index (χ3v) is 1.85. The van der Waals surface area contributed by atoms with Gasteiger partial charge in [-0.15, -0.1) is 0 Å². The van der Waals surface area contributed by atoms with Crippen molar-refractivity contribution in [3.63, 3.8) is 0 Å². The average molecular weight is 155 g/mol. The molecule has 0 aromatic rings. The van der Waals surface area contributed by atoms with E-state index >= 15 is 0 Å². The number of carbonyl (C=O) groups is 1. The molecule has 1 fully saturated rings. The van der Waals surface area contributed by atoms with Crippen LogP contribution in [-0.2, 0) is 9.53 Å². The van der Waals surface area contributed by atoms with E-state index in [0.29, 0.717) is 0 Å². The second-order valence-corrected chi connectivity index (χ2v) is 2.68. The summed E-state index contributed by atoms with van der Waals surface area (Å²) < 4.78 is 4.68. The Morgan fingerprint density at radius 2 is 2.45 bits per heavy atom. The maximum atomic E-state index is 11.2. The lowest BCUT2D eigenvalue weighted by atomic mass is 10.3. The summed E-state index contributed by atoms with van der Waals surface area (Å²) in [6.07, 6.45) is 2.95. The van der Waals surface area contributed by atoms with Gasteiger partial charge in [-0.3, -0.25) is 0 Å². The molecule has 0 spiro atoms. The van der Waals surface area contributed by atoms with E-state index in [0.717, 1.165) is 19.4 Å². The fourth-order valence-electron chi connectivity index (χ4n) is 1.10. The molecule has 0 unspecified atom stereocenters. The average Bonchev–Trinajstić information content (AvgIpc) is 2.71. The van der Waals surface area contributed by atoms with E-state index in [9.17, 15) is 4.79 Å². The van der Waals surface area contributed by atoms with Crippen molar-refractivity contribution in [2.24, 2.45) is 0 Å². The van der Waals surface area contributed by atoms with Crippen LogP contribution in [-0.4, -0.2) is 18.1 Å². The highest BCUT2D eigenvalue weighted by molar-refractivity contribution is 5.84. The zero-order valence-corrected chi connectivity index (χ0v) is 6.72. The van der Waals surface area contributed by atoms with Crippen molar-refractivity contribution in [1.82, 2.24) is 5.32 Å². The van der Waals surface area contributed by atoms with Gasteiger partial charge in [0.05, 0.1) is 6.26 Å². The molecule has 0 heterocycles. The Labute approximate surface area is 66.4 Å². The molecule has 3 nitrogen and oxygen atoms in total. The predicted molar refractivity (Wildman–Crippen MR) is 41.9 cm³/mol. The minimum atomic E-state index is -0.372. The molecule has 0 aliphatic heterocycles. The summed E-state index contributed by atoms with van der Waals surface area (Å²) in [5, 5.41) is 3.10. The predicted octanol–water partition coefficient (Wildman–Crippen LogP) is 0.815. The van der Waals surface area contributed by atoms with Crippen LogP contribution in [0, 0.1) is 0 Å². The molecule has 0 radical (unpaired) electrons. The van der Waals surface area contributed by atoms with Crippen LogP contribution in [0.15, 0.2) is 12.8 Å². The van der Waals surface area contributed by atoms with Gasteiger partial charge in [-0.2, -0.15) is 0 Å². The fraction of sp³-hybridized carbons (Fsp3) is 0.625. The lowest BCUT2D eigenvalue weighted by molar-refractivity contribution is -0.141. The van der Waals surface area contributed by atoms with Gasteiger partial charge in [0.2, 0.25) is 0 Å². The zero-order valence-electron chi connectivity index (χ0n) is 6.72. The molecule has 0 bridgehead atoms. The van der Waals surface area contributed by atoms with Gasteiger partial charge in [0.15, 0.2) is 0 Å². The number of ether oxygens (including phenoxy) is 1. The highest BCUT2D eigenvalue weighted by atomic mass is 16.5. The SMILES string of the molecule is C=COC(=O)C1(NCC)CC1. The molecule has 1 aliphatic carbocycles. The highest BCUT2D eigenvalue weighted by Crippen LogP contribution is 2.36. The summed E-state index contributed by atoms with van der Waals surface area (Å²) in [6.45, 7) is 6.10. The normalized spacial score (nSPS) is 19.0. The molecular formula is C8H13NO2. The summed E-state index contributed by atoms with van der Waals surface area (Å²) in [5.74, 6) is -0.200. The summed E-state index contributed by atoms with van der Waals surface area (Å²) in [6, 6.07) is 0. The minimum absolute atomic E-state index is 0.200. The van der Waals surface area contributed by atoms with Gasteiger partial charge in [0.1, 0.15) is 5.54 Å². The Kier molecular flexibility index (Phi) is 2.29. The topological polar surface area (TPSA) is 38.3 Å². The van der Waals surface area contributed by atoms with E-state index < -0.39 is 0 Å². The van der Waals surface area contributed by atoms with Crippen LogP contribution >= 0.6 is 0 Å². The number of esters is 1. The molecule has 11 heavy (non-hydrogen) atoms. The van der Waals surface area contributed by atoms with E-state index in [1.807, 2.05) is 6.92 Å². The first-order valence-electron chi connectivity index (χ1n) is 3.82. The van der Waals surface area contributed by atoms with Crippen LogP contribution in [0.25, 0.3) is 0 Å². The number of nitrogens with one attached hydrogen (secondary N) is 1. The van der Waals surface area contributed by atoms with Crippen LogP contribution in [0.3, 0.4) is 0 Å². The van der Waals surface area contributed by atoms with Gasteiger partial charge < -0.3 is 10.1 Å². The summed E-state index contributed by atoms with van der Waals surface area (Å²) in [7, 11) is 0.